The maximum Gasteiger partial charge on any atom is 0.0942 e. The predicted molar refractivity (Wildman–Crippen MR) is 71.3 cm³/mol. The van der Waals surface area contributed by atoms with Crippen LogP contribution < -0.4 is 5.32 Å². The highest BCUT2D eigenvalue weighted by molar-refractivity contribution is 5.67. The Morgan fingerprint density at radius 2 is 1.89 bits per heavy atom. The molecule has 4 nitrogen and oxygen atoms in total. The third-order valence-corrected chi connectivity index (χ3v) is 2.63. The SMILES string of the molecule is OCC(O)CNc1cccc(-c2ccncc2)c1. The van der Waals surface area contributed by atoms with Crippen molar-refractivity contribution < 1.29 is 10.2 Å². The van der Waals surface area contributed by atoms with E-state index in [1.54, 1.807) is 12.4 Å². The molecule has 2 aromatic rings. The minimum Gasteiger partial charge on any atom is -0.394 e. The summed E-state index contributed by atoms with van der Waals surface area (Å²) < 4.78 is 0. The Morgan fingerprint density at radius 1 is 1.11 bits per heavy atom. The number of aromatic nitrogens is 1. The number of aliphatic hydroxyl groups excluding tert-OH is 2. The molecular formula is C14H16N2O2. The fraction of sp³-hybridized carbons (Fsp3) is 0.214. The summed E-state index contributed by atoms with van der Waals surface area (Å²) in [5.41, 5.74) is 3.09. The van der Waals surface area contributed by atoms with Gasteiger partial charge < -0.3 is 15.5 Å². The van der Waals surface area contributed by atoms with Crippen molar-refractivity contribution in [2.24, 2.45) is 0 Å². The Kier molecular flexibility index (Phi) is 4.28. The molecule has 1 aromatic carbocycles. The largest absolute Gasteiger partial charge is 0.394 e. The Balaban J connectivity index is 2.11. The van der Waals surface area contributed by atoms with Crippen LogP contribution in [0.15, 0.2) is 48.8 Å². The Bertz CT molecular complexity index is 488. The van der Waals surface area contributed by atoms with Gasteiger partial charge in [-0.2, -0.15) is 0 Å². The second kappa shape index (κ2) is 6.14. The van der Waals surface area contributed by atoms with E-state index >= 15 is 0 Å². The molecule has 0 fully saturated rings. The maximum atomic E-state index is 9.28. The first-order chi connectivity index (χ1) is 8.79. The van der Waals surface area contributed by atoms with Gasteiger partial charge in [0.2, 0.25) is 0 Å². The lowest BCUT2D eigenvalue weighted by molar-refractivity contribution is 0.105. The lowest BCUT2D eigenvalue weighted by atomic mass is 10.1. The van der Waals surface area contributed by atoms with Crippen LogP contribution in [0.1, 0.15) is 0 Å². The minimum atomic E-state index is -0.741. The number of hydrogen-bond acceptors (Lipinski definition) is 4. The van der Waals surface area contributed by atoms with Crippen LogP contribution in [0.4, 0.5) is 5.69 Å². The molecule has 0 radical (unpaired) electrons. The second-order valence-corrected chi connectivity index (χ2v) is 4.03. The third-order valence-electron chi connectivity index (χ3n) is 2.63. The molecule has 94 valence electrons. The molecule has 0 saturated heterocycles. The Hall–Kier alpha value is -1.91. The van der Waals surface area contributed by atoms with E-state index in [9.17, 15) is 5.11 Å². The number of nitrogens with zero attached hydrogens (tertiary/aromatic N) is 1. The molecule has 18 heavy (non-hydrogen) atoms. The van der Waals surface area contributed by atoms with Crippen LogP contribution in [0.3, 0.4) is 0 Å². The van der Waals surface area contributed by atoms with Gasteiger partial charge in [0.15, 0.2) is 0 Å². The standard InChI is InChI=1S/C14H16N2O2/c17-10-14(18)9-16-13-3-1-2-12(8-13)11-4-6-15-7-5-11/h1-8,14,16-18H,9-10H2. The van der Waals surface area contributed by atoms with Crippen LogP contribution in [0.25, 0.3) is 11.1 Å². The van der Waals surface area contributed by atoms with Gasteiger partial charge in [0.25, 0.3) is 0 Å². The van der Waals surface area contributed by atoms with Gasteiger partial charge in [0.05, 0.1) is 12.7 Å². The summed E-state index contributed by atoms with van der Waals surface area (Å²) >= 11 is 0. The average molecular weight is 244 g/mol. The zero-order valence-electron chi connectivity index (χ0n) is 9.95. The molecule has 3 N–H and O–H groups in total. The Labute approximate surface area is 106 Å². The van der Waals surface area contributed by atoms with Crippen molar-refractivity contribution in [3.63, 3.8) is 0 Å². The lowest BCUT2D eigenvalue weighted by Gasteiger charge is -2.11. The first-order valence-electron chi connectivity index (χ1n) is 5.83. The average Bonchev–Trinajstić information content (AvgIpc) is 2.46. The second-order valence-electron chi connectivity index (χ2n) is 4.03. The number of rotatable bonds is 5. The normalized spacial score (nSPS) is 12.1. The van der Waals surface area contributed by atoms with Crippen LogP contribution in [0.2, 0.25) is 0 Å². The molecule has 0 aliphatic rings. The molecule has 4 heteroatoms. The molecule has 1 atom stereocenters. The molecule has 1 unspecified atom stereocenters. The van der Waals surface area contributed by atoms with Gasteiger partial charge in [0, 0.05) is 24.6 Å². The Morgan fingerprint density at radius 3 is 2.61 bits per heavy atom. The third kappa shape index (κ3) is 3.29. The first-order valence-corrected chi connectivity index (χ1v) is 5.83. The van der Waals surface area contributed by atoms with E-state index in [-0.39, 0.29) is 6.61 Å². The van der Waals surface area contributed by atoms with Gasteiger partial charge in [0.1, 0.15) is 0 Å². The molecule has 0 aliphatic carbocycles. The van der Waals surface area contributed by atoms with Crippen LogP contribution in [0.5, 0.6) is 0 Å². The smallest absolute Gasteiger partial charge is 0.0942 e. The summed E-state index contributed by atoms with van der Waals surface area (Å²) in [5, 5.41) is 21.1. The molecule has 0 bridgehead atoms. The summed E-state index contributed by atoms with van der Waals surface area (Å²) in [5.74, 6) is 0. The van der Waals surface area contributed by atoms with Crippen molar-refractivity contribution in [2.75, 3.05) is 18.5 Å². The highest BCUT2D eigenvalue weighted by atomic mass is 16.3. The zero-order valence-corrected chi connectivity index (χ0v) is 9.95. The topological polar surface area (TPSA) is 65.4 Å². The first kappa shape index (κ1) is 12.5. The molecule has 0 aliphatic heterocycles. The quantitative estimate of drug-likeness (QED) is 0.746. The van der Waals surface area contributed by atoms with Crippen molar-refractivity contribution in [1.82, 2.24) is 4.98 Å². The van der Waals surface area contributed by atoms with Crippen LogP contribution >= 0.6 is 0 Å². The predicted octanol–water partition coefficient (Wildman–Crippen LogP) is 1.51. The van der Waals surface area contributed by atoms with E-state index in [1.807, 2.05) is 36.4 Å². The number of aliphatic hydroxyl groups is 2. The van der Waals surface area contributed by atoms with Crippen molar-refractivity contribution in [3.8, 4) is 11.1 Å². The summed E-state index contributed by atoms with van der Waals surface area (Å²) in [6.07, 6.45) is 2.77. The van der Waals surface area contributed by atoms with E-state index in [4.69, 9.17) is 5.11 Å². The number of pyridine rings is 1. The summed E-state index contributed by atoms with van der Waals surface area (Å²) in [6.45, 7) is 0.0906. The number of nitrogens with one attached hydrogen (secondary N) is 1. The number of hydrogen-bond donors (Lipinski definition) is 3. The highest BCUT2D eigenvalue weighted by Crippen LogP contribution is 2.21. The molecule has 0 saturated carbocycles. The summed E-state index contributed by atoms with van der Waals surface area (Å²) in [7, 11) is 0. The molecule has 2 rings (SSSR count). The zero-order chi connectivity index (χ0) is 12.8. The van der Waals surface area contributed by atoms with Gasteiger partial charge in [-0.3, -0.25) is 4.98 Å². The van der Waals surface area contributed by atoms with Crippen LogP contribution in [-0.4, -0.2) is 34.5 Å². The van der Waals surface area contributed by atoms with E-state index < -0.39 is 6.10 Å². The molecule has 0 spiro atoms. The fourth-order valence-electron chi connectivity index (χ4n) is 1.65. The summed E-state index contributed by atoms with van der Waals surface area (Å²) in [4.78, 5) is 3.99. The van der Waals surface area contributed by atoms with Gasteiger partial charge in [-0.1, -0.05) is 12.1 Å². The molecule has 0 amide bonds. The highest BCUT2D eigenvalue weighted by Gasteiger charge is 2.02. The van der Waals surface area contributed by atoms with Crippen LogP contribution in [-0.2, 0) is 0 Å². The van der Waals surface area contributed by atoms with E-state index in [0.717, 1.165) is 16.8 Å². The van der Waals surface area contributed by atoms with Crippen molar-refractivity contribution in [1.29, 1.82) is 0 Å². The van der Waals surface area contributed by atoms with Crippen molar-refractivity contribution in [3.05, 3.63) is 48.8 Å². The van der Waals surface area contributed by atoms with Crippen molar-refractivity contribution in [2.45, 2.75) is 6.10 Å². The monoisotopic (exact) mass is 244 g/mol. The molecular weight excluding hydrogens is 228 g/mol. The minimum absolute atomic E-state index is 0.239. The van der Waals surface area contributed by atoms with Crippen LogP contribution in [0, 0.1) is 0 Å². The van der Waals surface area contributed by atoms with Gasteiger partial charge in [-0.15, -0.1) is 0 Å². The lowest BCUT2D eigenvalue weighted by Crippen LogP contribution is -2.22. The van der Waals surface area contributed by atoms with E-state index in [2.05, 4.69) is 10.3 Å². The molecule has 1 aromatic heterocycles. The fourth-order valence-corrected chi connectivity index (χ4v) is 1.65. The van der Waals surface area contributed by atoms with E-state index in [0.29, 0.717) is 6.54 Å². The van der Waals surface area contributed by atoms with Gasteiger partial charge in [-0.05, 0) is 35.4 Å². The van der Waals surface area contributed by atoms with E-state index in [1.165, 1.54) is 0 Å². The van der Waals surface area contributed by atoms with Gasteiger partial charge in [-0.25, -0.2) is 0 Å². The summed E-state index contributed by atoms with van der Waals surface area (Å²) in [6, 6.07) is 11.8. The van der Waals surface area contributed by atoms with Crippen molar-refractivity contribution >= 4 is 5.69 Å². The molecule has 1 heterocycles. The maximum absolute atomic E-state index is 9.28. The number of benzene rings is 1. The number of anilines is 1. The van der Waals surface area contributed by atoms with Gasteiger partial charge >= 0.3 is 0 Å².